The first kappa shape index (κ1) is 17.6. The van der Waals surface area contributed by atoms with E-state index in [0.29, 0.717) is 47.7 Å². The molecule has 3 aliphatic rings. The minimum Gasteiger partial charge on any atom is -0.390 e. The molecule has 0 aliphatic heterocycles. The number of halogens is 1. The van der Waals surface area contributed by atoms with Crippen molar-refractivity contribution in [1.82, 2.24) is 19.5 Å². The number of aliphatic hydroxyl groups excluding tert-OH is 2. The van der Waals surface area contributed by atoms with Gasteiger partial charge in [-0.1, -0.05) is 12.8 Å². The lowest BCUT2D eigenvalue weighted by Gasteiger charge is -2.43. The van der Waals surface area contributed by atoms with Gasteiger partial charge in [-0.2, -0.15) is 9.97 Å². The zero-order valence-corrected chi connectivity index (χ0v) is 16.0. The van der Waals surface area contributed by atoms with Gasteiger partial charge in [-0.3, -0.25) is 0 Å². The Bertz CT molecular complexity index is 821. The van der Waals surface area contributed by atoms with Gasteiger partial charge in [-0.25, -0.2) is 4.98 Å². The number of aromatic nitrogens is 4. The molecule has 146 valence electrons. The molecule has 3 atom stereocenters. The van der Waals surface area contributed by atoms with Gasteiger partial charge in [0.05, 0.1) is 18.5 Å². The van der Waals surface area contributed by atoms with Crippen LogP contribution in [0.25, 0.3) is 11.2 Å². The van der Waals surface area contributed by atoms with E-state index in [-0.39, 0.29) is 11.3 Å². The van der Waals surface area contributed by atoms with E-state index in [4.69, 9.17) is 11.6 Å². The lowest BCUT2D eigenvalue weighted by molar-refractivity contribution is 0.0241. The van der Waals surface area contributed by atoms with Crippen molar-refractivity contribution >= 4 is 28.6 Å². The highest BCUT2D eigenvalue weighted by Gasteiger charge is 2.38. The minimum atomic E-state index is -0.815. The average Bonchev–Trinajstić information content (AvgIpc) is 3.08. The van der Waals surface area contributed by atoms with Gasteiger partial charge in [0, 0.05) is 6.04 Å². The number of imidazole rings is 1. The summed E-state index contributed by atoms with van der Waals surface area (Å²) >= 11 is 6.25. The molecule has 5 rings (SSSR count). The number of nitrogens with one attached hydrogen (secondary N) is 1. The van der Waals surface area contributed by atoms with E-state index in [2.05, 4.69) is 20.3 Å². The maximum atomic E-state index is 10.3. The average molecular weight is 392 g/mol. The van der Waals surface area contributed by atoms with Crippen molar-refractivity contribution in [2.75, 3.05) is 5.32 Å². The third-order valence-electron chi connectivity index (χ3n) is 6.92. The topological polar surface area (TPSA) is 96.1 Å². The van der Waals surface area contributed by atoms with Gasteiger partial charge in [0.2, 0.25) is 5.28 Å². The normalized spacial score (nSPS) is 29.3. The van der Waals surface area contributed by atoms with Crippen LogP contribution in [0.1, 0.15) is 57.4 Å². The summed E-state index contributed by atoms with van der Waals surface area (Å²) in [7, 11) is 0. The number of hydrogen-bond acceptors (Lipinski definition) is 6. The SMILES string of the molecule is O[C@@H]1CCC(n2cnc3c(NC(C4CCC4)C4CCC4)nc(Cl)nc32)[C@@H]1O. The number of hydrogen-bond donors (Lipinski definition) is 3. The molecule has 0 aromatic carbocycles. The molecule has 0 bridgehead atoms. The molecule has 7 nitrogen and oxygen atoms in total. The van der Waals surface area contributed by atoms with Gasteiger partial charge in [0.15, 0.2) is 17.0 Å². The Morgan fingerprint density at radius 1 is 1.04 bits per heavy atom. The summed E-state index contributed by atoms with van der Waals surface area (Å²) in [4.78, 5) is 13.4. The second-order valence-electron chi connectivity index (χ2n) is 8.42. The van der Waals surface area contributed by atoms with Crippen LogP contribution in [-0.4, -0.2) is 48.0 Å². The zero-order valence-electron chi connectivity index (χ0n) is 15.3. The van der Waals surface area contributed by atoms with E-state index in [1.165, 1.54) is 38.5 Å². The van der Waals surface area contributed by atoms with Crippen LogP contribution in [0.2, 0.25) is 5.28 Å². The molecule has 1 unspecified atom stereocenters. The van der Waals surface area contributed by atoms with Gasteiger partial charge < -0.3 is 20.1 Å². The third-order valence-corrected chi connectivity index (χ3v) is 7.09. The molecule has 2 aromatic heterocycles. The first-order chi connectivity index (χ1) is 13.1. The van der Waals surface area contributed by atoms with Gasteiger partial charge in [0.25, 0.3) is 0 Å². The quantitative estimate of drug-likeness (QED) is 0.678. The van der Waals surface area contributed by atoms with Crippen molar-refractivity contribution < 1.29 is 10.2 Å². The number of fused-ring (bicyclic) bond motifs is 1. The Morgan fingerprint density at radius 2 is 1.74 bits per heavy atom. The molecule has 27 heavy (non-hydrogen) atoms. The molecule has 2 heterocycles. The van der Waals surface area contributed by atoms with Crippen molar-refractivity contribution in [1.29, 1.82) is 0 Å². The highest BCUT2D eigenvalue weighted by atomic mass is 35.5. The van der Waals surface area contributed by atoms with Crippen molar-refractivity contribution in [3.8, 4) is 0 Å². The lowest BCUT2D eigenvalue weighted by atomic mass is 9.68. The standard InChI is InChI=1S/C19H26ClN5O2/c20-19-23-17(22-14(10-3-1-4-10)11-5-2-6-11)15-18(24-19)25(9-21-15)12-7-8-13(26)16(12)27/h9-14,16,26-27H,1-8H2,(H,22,23,24)/t12?,13-,16+/m1/s1. The van der Waals surface area contributed by atoms with Crippen LogP contribution in [0.5, 0.6) is 0 Å². The van der Waals surface area contributed by atoms with Gasteiger partial charge >= 0.3 is 0 Å². The summed E-state index contributed by atoms with van der Waals surface area (Å²) in [5.74, 6) is 2.10. The number of anilines is 1. The van der Waals surface area contributed by atoms with E-state index in [9.17, 15) is 10.2 Å². The second-order valence-corrected chi connectivity index (χ2v) is 8.76. The fraction of sp³-hybridized carbons (Fsp3) is 0.737. The Morgan fingerprint density at radius 3 is 2.30 bits per heavy atom. The first-order valence-corrected chi connectivity index (χ1v) is 10.5. The van der Waals surface area contributed by atoms with Crippen LogP contribution in [0.4, 0.5) is 5.82 Å². The highest BCUT2D eigenvalue weighted by molar-refractivity contribution is 6.28. The Kier molecular flexibility index (Phi) is 4.49. The molecule has 0 radical (unpaired) electrons. The van der Waals surface area contributed by atoms with Crippen molar-refractivity contribution in [3.63, 3.8) is 0 Å². The van der Waals surface area contributed by atoms with Gasteiger partial charge in [0.1, 0.15) is 6.10 Å². The molecular weight excluding hydrogens is 366 g/mol. The molecule has 3 N–H and O–H groups in total. The van der Waals surface area contributed by atoms with Crippen LogP contribution < -0.4 is 5.32 Å². The summed E-state index contributed by atoms with van der Waals surface area (Å²) < 4.78 is 1.84. The van der Waals surface area contributed by atoms with Crippen LogP contribution >= 0.6 is 11.6 Å². The van der Waals surface area contributed by atoms with Crippen LogP contribution in [0, 0.1) is 11.8 Å². The Hall–Kier alpha value is -1.44. The van der Waals surface area contributed by atoms with E-state index in [1.807, 2.05) is 4.57 Å². The Labute approximate surface area is 163 Å². The van der Waals surface area contributed by atoms with Crippen LogP contribution in [-0.2, 0) is 0 Å². The number of aliphatic hydroxyl groups is 2. The first-order valence-electron chi connectivity index (χ1n) is 10.1. The smallest absolute Gasteiger partial charge is 0.226 e. The maximum Gasteiger partial charge on any atom is 0.226 e. The predicted molar refractivity (Wildman–Crippen MR) is 103 cm³/mol. The molecule has 0 saturated heterocycles. The van der Waals surface area contributed by atoms with E-state index >= 15 is 0 Å². The van der Waals surface area contributed by atoms with Crippen molar-refractivity contribution in [3.05, 3.63) is 11.6 Å². The molecule has 3 fully saturated rings. The summed E-state index contributed by atoms with van der Waals surface area (Å²) in [6.07, 6.45) is 9.15. The Balaban J connectivity index is 1.49. The number of nitrogens with zero attached hydrogens (tertiary/aromatic N) is 4. The zero-order chi connectivity index (χ0) is 18.5. The third kappa shape index (κ3) is 3.00. The van der Waals surface area contributed by atoms with E-state index in [0.717, 1.165) is 0 Å². The van der Waals surface area contributed by atoms with Gasteiger partial charge in [-0.15, -0.1) is 0 Å². The lowest BCUT2D eigenvalue weighted by Crippen LogP contribution is -2.42. The minimum absolute atomic E-state index is 0.181. The highest BCUT2D eigenvalue weighted by Crippen LogP contribution is 2.42. The predicted octanol–water partition coefficient (Wildman–Crippen LogP) is 2.92. The molecule has 3 aliphatic carbocycles. The van der Waals surface area contributed by atoms with E-state index in [1.54, 1.807) is 6.33 Å². The fourth-order valence-electron chi connectivity index (χ4n) is 4.85. The molecule has 8 heteroatoms. The van der Waals surface area contributed by atoms with Crippen molar-refractivity contribution in [2.45, 2.75) is 75.7 Å². The number of rotatable bonds is 5. The summed E-state index contributed by atoms with van der Waals surface area (Å²) in [5.41, 5.74) is 1.31. The summed E-state index contributed by atoms with van der Waals surface area (Å²) in [5, 5.41) is 24.1. The summed E-state index contributed by atoms with van der Waals surface area (Å²) in [6.45, 7) is 0. The fourth-order valence-corrected chi connectivity index (χ4v) is 5.02. The monoisotopic (exact) mass is 391 g/mol. The molecule has 3 saturated carbocycles. The van der Waals surface area contributed by atoms with Gasteiger partial charge in [-0.05, 0) is 62.0 Å². The van der Waals surface area contributed by atoms with Crippen LogP contribution in [0.15, 0.2) is 6.33 Å². The summed E-state index contributed by atoms with van der Waals surface area (Å²) in [6, 6.07) is 0.184. The van der Waals surface area contributed by atoms with Crippen molar-refractivity contribution in [2.24, 2.45) is 11.8 Å². The molecule has 0 spiro atoms. The molecule has 2 aromatic rings. The maximum absolute atomic E-state index is 10.3. The van der Waals surface area contributed by atoms with Crippen LogP contribution in [0.3, 0.4) is 0 Å². The second kappa shape index (κ2) is 6.87. The largest absolute Gasteiger partial charge is 0.390 e. The molecule has 0 amide bonds. The molecular formula is C19H26ClN5O2. The van der Waals surface area contributed by atoms with E-state index < -0.39 is 12.2 Å².